The molecule has 0 fully saturated rings. The van der Waals surface area contributed by atoms with E-state index in [0.29, 0.717) is 29.0 Å². The van der Waals surface area contributed by atoms with Gasteiger partial charge in [-0.15, -0.1) is 0 Å². The van der Waals surface area contributed by atoms with Crippen LogP contribution in [0.4, 0.5) is 0 Å². The van der Waals surface area contributed by atoms with Crippen molar-refractivity contribution in [1.29, 1.82) is 0 Å². The van der Waals surface area contributed by atoms with E-state index >= 15 is 0 Å². The summed E-state index contributed by atoms with van der Waals surface area (Å²) in [5, 5.41) is 3.30. The standard InChI is InChI=1S/C23H27NO5/c1-6-28-22(27)19-13(2)24-17-11-23(4,5)12-18(26)21(17)20(19)15-7-9-16(10-8-15)29-14(3)25/h7-10,20,24H,6,11-12H2,1-5H3/t20-/m1/s1. The first-order valence-corrected chi connectivity index (χ1v) is 9.82. The number of benzene rings is 1. The normalized spacial score (nSPS) is 20.7. The number of ether oxygens (including phenoxy) is 2. The van der Waals surface area contributed by atoms with Gasteiger partial charge in [-0.3, -0.25) is 9.59 Å². The van der Waals surface area contributed by atoms with Crippen molar-refractivity contribution in [3.63, 3.8) is 0 Å². The van der Waals surface area contributed by atoms with E-state index in [-0.39, 0.29) is 17.8 Å². The van der Waals surface area contributed by atoms with Crippen LogP contribution in [-0.4, -0.2) is 24.3 Å². The molecule has 0 saturated carbocycles. The summed E-state index contributed by atoms with van der Waals surface area (Å²) in [5.41, 5.74) is 3.27. The average Bonchev–Trinajstić information content (AvgIpc) is 2.59. The Kier molecular flexibility index (Phi) is 5.64. The van der Waals surface area contributed by atoms with Gasteiger partial charge in [0.25, 0.3) is 0 Å². The van der Waals surface area contributed by atoms with E-state index in [1.807, 2.05) is 6.92 Å². The highest BCUT2D eigenvalue weighted by molar-refractivity contribution is 6.04. The van der Waals surface area contributed by atoms with Crippen LogP contribution in [-0.2, 0) is 19.1 Å². The molecule has 1 aliphatic heterocycles. The lowest BCUT2D eigenvalue weighted by molar-refractivity contribution is -0.139. The highest BCUT2D eigenvalue weighted by Gasteiger charge is 2.43. The van der Waals surface area contributed by atoms with Crippen LogP contribution in [0.25, 0.3) is 0 Å². The summed E-state index contributed by atoms with van der Waals surface area (Å²) in [4.78, 5) is 37.1. The molecule has 1 N–H and O–H groups in total. The van der Waals surface area contributed by atoms with Crippen LogP contribution in [0.3, 0.4) is 0 Å². The van der Waals surface area contributed by atoms with Gasteiger partial charge in [-0.05, 0) is 43.4 Å². The number of Topliss-reactive ketones (excluding diaryl/α,β-unsaturated/α-hetero) is 1. The first kappa shape index (κ1) is 20.8. The van der Waals surface area contributed by atoms with Crippen molar-refractivity contribution >= 4 is 17.7 Å². The highest BCUT2D eigenvalue weighted by Crippen LogP contribution is 2.46. The van der Waals surface area contributed by atoms with Gasteiger partial charge in [0.2, 0.25) is 0 Å². The minimum absolute atomic E-state index is 0.0344. The largest absolute Gasteiger partial charge is 0.463 e. The third-order valence-electron chi connectivity index (χ3n) is 5.21. The molecule has 1 aromatic rings. The van der Waals surface area contributed by atoms with Crippen LogP contribution in [0.1, 0.15) is 58.9 Å². The third kappa shape index (κ3) is 4.26. The van der Waals surface area contributed by atoms with Crippen LogP contribution in [0.15, 0.2) is 46.8 Å². The van der Waals surface area contributed by atoms with Gasteiger partial charge >= 0.3 is 11.9 Å². The molecule has 6 nitrogen and oxygen atoms in total. The molecule has 2 aliphatic rings. The SMILES string of the molecule is CCOC(=O)C1=C(C)NC2=C(C(=O)CC(C)(C)C2)[C@@H]1c1ccc(OC(C)=O)cc1. The summed E-state index contributed by atoms with van der Waals surface area (Å²) in [6, 6.07) is 6.93. The molecule has 0 aromatic heterocycles. The number of rotatable bonds is 4. The number of dihydropyridines is 1. The monoisotopic (exact) mass is 397 g/mol. The van der Waals surface area contributed by atoms with Crippen molar-refractivity contribution < 1.29 is 23.9 Å². The zero-order valence-electron chi connectivity index (χ0n) is 17.5. The second-order valence-corrected chi connectivity index (χ2v) is 8.31. The number of esters is 2. The first-order valence-electron chi connectivity index (χ1n) is 9.82. The molecule has 0 unspecified atom stereocenters. The number of carbonyl (C=O) groups excluding carboxylic acids is 3. The smallest absolute Gasteiger partial charge is 0.336 e. The van der Waals surface area contributed by atoms with Gasteiger partial charge in [0.05, 0.1) is 12.2 Å². The molecule has 29 heavy (non-hydrogen) atoms. The van der Waals surface area contributed by atoms with Gasteiger partial charge < -0.3 is 14.8 Å². The predicted octanol–water partition coefficient (Wildman–Crippen LogP) is 3.78. The number of hydrogen-bond acceptors (Lipinski definition) is 6. The van der Waals surface area contributed by atoms with Crippen molar-refractivity contribution in [2.75, 3.05) is 6.61 Å². The number of nitrogens with one attached hydrogen (secondary N) is 1. The molecule has 1 aliphatic carbocycles. The summed E-state index contributed by atoms with van der Waals surface area (Å²) in [5.74, 6) is -0.903. The number of hydrogen-bond donors (Lipinski definition) is 1. The van der Waals surface area contributed by atoms with Crippen LogP contribution < -0.4 is 10.1 Å². The molecule has 1 aromatic carbocycles. The maximum Gasteiger partial charge on any atom is 0.336 e. The van der Waals surface area contributed by atoms with E-state index in [1.165, 1.54) is 6.92 Å². The Morgan fingerprint density at radius 1 is 1.17 bits per heavy atom. The molecule has 3 rings (SSSR count). The van der Waals surface area contributed by atoms with E-state index < -0.39 is 17.9 Å². The van der Waals surface area contributed by atoms with Crippen molar-refractivity contribution in [1.82, 2.24) is 5.32 Å². The number of allylic oxidation sites excluding steroid dienone is 3. The van der Waals surface area contributed by atoms with E-state index in [0.717, 1.165) is 17.7 Å². The summed E-state index contributed by atoms with van der Waals surface area (Å²) in [6.45, 7) is 9.32. The Morgan fingerprint density at radius 2 is 1.83 bits per heavy atom. The Morgan fingerprint density at radius 3 is 2.41 bits per heavy atom. The lowest BCUT2D eigenvalue weighted by atomic mass is 9.68. The topological polar surface area (TPSA) is 81.7 Å². The van der Waals surface area contributed by atoms with Crippen molar-refractivity contribution in [2.24, 2.45) is 5.41 Å². The Balaban J connectivity index is 2.11. The summed E-state index contributed by atoms with van der Waals surface area (Å²) in [6.07, 6.45) is 1.15. The lowest BCUT2D eigenvalue weighted by Crippen LogP contribution is -2.38. The second-order valence-electron chi connectivity index (χ2n) is 8.31. The predicted molar refractivity (Wildman–Crippen MR) is 108 cm³/mol. The van der Waals surface area contributed by atoms with Gasteiger partial charge in [-0.25, -0.2) is 4.79 Å². The molecule has 0 bridgehead atoms. The fourth-order valence-electron chi connectivity index (χ4n) is 4.14. The van der Waals surface area contributed by atoms with Crippen molar-refractivity contribution in [3.8, 4) is 5.75 Å². The minimum atomic E-state index is -0.514. The maximum atomic E-state index is 13.1. The highest BCUT2D eigenvalue weighted by atomic mass is 16.5. The van der Waals surface area contributed by atoms with Crippen LogP contribution >= 0.6 is 0 Å². The fraction of sp³-hybridized carbons (Fsp3) is 0.435. The summed E-state index contributed by atoms with van der Waals surface area (Å²) < 4.78 is 10.4. The van der Waals surface area contributed by atoms with E-state index in [9.17, 15) is 14.4 Å². The van der Waals surface area contributed by atoms with E-state index in [4.69, 9.17) is 9.47 Å². The summed E-state index contributed by atoms with van der Waals surface area (Å²) in [7, 11) is 0. The van der Waals surface area contributed by atoms with Gasteiger partial charge in [0.15, 0.2) is 5.78 Å². The lowest BCUT2D eigenvalue weighted by Gasteiger charge is -2.39. The minimum Gasteiger partial charge on any atom is -0.463 e. The molecular formula is C23H27NO5. The first-order chi connectivity index (χ1) is 13.6. The van der Waals surface area contributed by atoms with Gasteiger partial charge in [-0.2, -0.15) is 0 Å². The molecule has 0 spiro atoms. The van der Waals surface area contributed by atoms with Crippen LogP contribution in [0.5, 0.6) is 5.75 Å². The molecule has 0 saturated heterocycles. The molecular weight excluding hydrogens is 370 g/mol. The number of carbonyl (C=O) groups is 3. The van der Waals surface area contributed by atoms with Crippen molar-refractivity contribution in [3.05, 3.63) is 52.4 Å². The van der Waals surface area contributed by atoms with E-state index in [1.54, 1.807) is 31.2 Å². The van der Waals surface area contributed by atoms with Crippen LogP contribution in [0, 0.1) is 5.41 Å². The van der Waals surface area contributed by atoms with Gasteiger partial charge in [-0.1, -0.05) is 26.0 Å². The number of ketones is 1. The molecule has 0 amide bonds. The Bertz CT molecular complexity index is 921. The Hall–Kier alpha value is -2.89. The summed E-state index contributed by atoms with van der Waals surface area (Å²) >= 11 is 0. The van der Waals surface area contributed by atoms with E-state index in [2.05, 4.69) is 19.2 Å². The average molecular weight is 397 g/mol. The molecule has 1 heterocycles. The fourth-order valence-corrected chi connectivity index (χ4v) is 4.14. The second kappa shape index (κ2) is 7.85. The quantitative estimate of drug-likeness (QED) is 0.615. The zero-order chi connectivity index (χ0) is 21.3. The van der Waals surface area contributed by atoms with Crippen molar-refractivity contribution in [2.45, 2.75) is 53.4 Å². The zero-order valence-corrected chi connectivity index (χ0v) is 17.5. The maximum absolute atomic E-state index is 13.1. The van der Waals surface area contributed by atoms with Gasteiger partial charge in [0.1, 0.15) is 5.75 Å². The molecule has 0 radical (unpaired) electrons. The van der Waals surface area contributed by atoms with Crippen LogP contribution in [0.2, 0.25) is 0 Å². The van der Waals surface area contributed by atoms with Gasteiger partial charge in [0, 0.05) is 36.2 Å². The molecule has 154 valence electrons. The molecule has 6 heteroatoms. The third-order valence-corrected chi connectivity index (χ3v) is 5.21. The molecule has 1 atom stereocenters. The Labute approximate surface area is 171 Å².